The van der Waals surface area contributed by atoms with Crippen LogP contribution in [-0.4, -0.2) is 46.0 Å². The van der Waals surface area contributed by atoms with Crippen LogP contribution in [0, 0.1) is 12.7 Å². The summed E-state index contributed by atoms with van der Waals surface area (Å²) in [5, 5.41) is 20.4. The largest absolute Gasteiger partial charge is 0.478 e. The third kappa shape index (κ3) is 2.68. The minimum absolute atomic E-state index is 0.0919. The lowest BCUT2D eigenvalue weighted by molar-refractivity contribution is -0.137. The van der Waals surface area contributed by atoms with Crippen LogP contribution < -0.4 is 5.32 Å². The van der Waals surface area contributed by atoms with Crippen molar-refractivity contribution in [3.63, 3.8) is 0 Å². The fraction of sp³-hybridized carbons (Fsp3) is 0.214. The summed E-state index contributed by atoms with van der Waals surface area (Å²) < 4.78 is 13.7. The van der Waals surface area contributed by atoms with Gasteiger partial charge in [0.2, 0.25) is 0 Å². The number of amides is 2. The second kappa shape index (κ2) is 5.94. The predicted molar refractivity (Wildman–Crippen MR) is 73.6 cm³/mol. The maximum atomic E-state index is 13.7. The Morgan fingerprint density at radius 3 is 2.64 bits per heavy atom. The minimum atomic E-state index is -1.49. The number of carboxylic acid groups (broad SMARTS) is 1. The van der Waals surface area contributed by atoms with Crippen molar-refractivity contribution in [1.29, 1.82) is 0 Å². The molecule has 2 amide bonds. The first-order chi connectivity index (χ1) is 10.4. The molecule has 116 valence electrons. The van der Waals surface area contributed by atoms with E-state index in [9.17, 15) is 18.8 Å². The molecule has 1 heterocycles. The predicted octanol–water partition coefficient (Wildman–Crippen LogP) is 0.489. The number of imide groups is 1. The number of aryl methyl sites for hydroxylation is 1. The number of aromatic carboxylic acids is 1. The number of benzene rings is 1. The third-order valence-electron chi connectivity index (χ3n) is 3.17. The van der Waals surface area contributed by atoms with Gasteiger partial charge in [-0.1, -0.05) is 6.07 Å². The van der Waals surface area contributed by atoms with E-state index in [1.807, 2.05) is 0 Å². The van der Waals surface area contributed by atoms with Gasteiger partial charge in [0.15, 0.2) is 0 Å². The third-order valence-corrected chi connectivity index (χ3v) is 3.17. The van der Waals surface area contributed by atoms with Gasteiger partial charge < -0.3 is 15.5 Å². The van der Waals surface area contributed by atoms with Crippen molar-refractivity contribution in [3.8, 4) is 0 Å². The highest BCUT2D eigenvalue weighted by Crippen LogP contribution is 2.26. The second-order valence-corrected chi connectivity index (χ2v) is 4.62. The monoisotopic (exact) mass is 308 g/mol. The molecule has 0 fully saturated rings. The number of carbonyl (C=O) groups is 3. The van der Waals surface area contributed by atoms with E-state index >= 15 is 0 Å². The molecule has 1 aromatic rings. The molecule has 8 heteroatoms. The van der Waals surface area contributed by atoms with Gasteiger partial charge in [-0.05, 0) is 18.6 Å². The molecule has 1 aromatic carbocycles. The van der Waals surface area contributed by atoms with Crippen molar-refractivity contribution in [1.82, 2.24) is 4.90 Å². The Bertz CT molecular complexity index is 699. The van der Waals surface area contributed by atoms with Crippen molar-refractivity contribution >= 4 is 23.5 Å². The Hall–Kier alpha value is -2.74. The van der Waals surface area contributed by atoms with Gasteiger partial charge in [-0.15, -0.1) is 0 Å². The number of aliphatic hydroxyl groups is 1. The van der Waals surface area contributed by atoms with Crippen LogP contribution in [0.2, 0.25) is 0 Å². The van der Waals surface area contributed by atoms with Crippen LogP contribution in [-0.2, 0) is 9.59 Å². The van der Waals surface area contributed by atoms with E-state index < -0.39 is 35.8 Å². The highest BCUT2D eigenvalue weighted by Gasteiger charge is 2.32. The van der Waals surface area contributed by atoms with Gasteiger partial charge in [-0.3, -0.25) is 14.5 Å². The zero-order valence-corrected chi connectivity index (χ0v) is 11.6. The van der Waals surface area contributed by atoms with Gasteiger partial charge in [-0.2, -0.15) is 0 Å². The van der Waals surface area contributed by atoms with E-state index in [1.54, 1.807) is 6.92 Å². The zero-order chi connectivity index (χ0) is 16.4. The zero-order valence-electron chi connectivity index (χ0n) is 11.6. The van der Waals surface area contributed by atoms with Crippen LogP contribution in [0.3, 0.4) is 0 Å². The van der Waals surface area contributed by atoms with E-state index in [1.165, 1.54) is 6.07 Å². The molecule has 7 nitrogen and oxygen atoms in total. The van der Waals surface area contributed by atoms with Crippen LogP contribution in [0.25, 0.3) is 0 Å². The fourth-order valence-corrected chi connectivity index (χ4v) is 2.10. The number of nitrogens with zero attached hydrogens (tertiary/aromatic N) is 1. The number of β-amino-alcohol motifs (C(OH)–C–C–N with tert-alkyl or cyclic N) is 1. The smallest absolute Gasteiger partial charge is 0.340 e. The second-order valence-electron chi connectivity index (χ2n) is 4.62. The molecule has 1 aliphatic heterocycles. The molecule has 2 rings (SSSR count). The molecule has 22 heavy (non-hydrogen) atoms. The number of halogens is 1. The van der Waals surface area contributed by atoms with E-state index in [2.05, 4.69) is 5.32 Å². The van der Waals surface area contributed by atoms with Crippen molar-refractivity contribution in [2.24, 2.45) is 0 Å². The van der Waals surface area contributed by atoms with Gasteiger partial charge in [0.25, 0.3) is 11.8 Å². The van der Waals surface area contributed by atoms with E-state index in [0.29, 0.717) is 5.56 Å². The first-order valence-electron chi connectivity index (χ1n) is 6.34. The number of carboxylic acids is 1. The highest BCUT2D eigenvalue weighted by molar-refractivity contribution is 6.17. The van der Waals surface area contributed by atoms with E-state index in [4.69, 9.17) is 10.2 Å². The standard InChI is InChI=1S/C14H13FN2O5/c1-7-2-3-8(15)11(14(21)22)12(7)16-9-6-10(19)17(4-5-18)13(9)20/h2-3,6,16,18H,4-5H2,1H3,(H,21,22). The highest BCUT2D eigenvalue weighted by atomic mass is 19.1. The van der Waals surface area contributed by atoms with E-state index in [-0.39, 0.29) is 17.9 Å². The lowest BCUT2D eigenvalue weighted by Gasteiger charge is -2.15. The average Bonchev–Trinajstić information content (AvgIpc) is 2.70. The lowest BCUT2D eigenvalue weighted by Crippen LogP contribution is -2.34. The quantitative estimate of drug-likeness (QED) is 0.683. The van der Waals surface area contributed by atoms with Gasteiger partial charge >= 0.3 is 5.97 Å². The Morgan fingerprint density at radius 2 is 2.05 bits per heavy atom. The van der Waals surface area contributed by atoms with Crippen LogP contribution in [0.1, 0.15) is 15.9 Å². The van der Waals surface area contributed by atoms with Crippen molar-refractivity contribution in [2.75, 3.05) is 18.5 Å². The molecular weight excluding hydrogens is 295 g/mol. The normalized spacial score (nSPS) is 14.3. The molecule has 1 aliphatic rings. The van der Waals surface area contributed by atoms with Gasteiger partial charge in [0.05, 0.1) is 18.8 Å². The topological polar surface area (TPSA) is 107 Å². The van der Waals surface area contributed by atoms with Crippen LogP contribution >= 0.6 is 0 Å². The van der Waals surface area contributed by atoms with Crippen LogP contribution in [0.5, 0.6) is 0 Å². The minimum Gasteiger partial charge on any atom is -0.478 e. The summed E-state index contributed by atoms with van der Waals surface area (Å²) in [6.07, 6.45) is 0.980. The first kappa shape index (κ1) is 15.6. The average molecular weight is 308 g/mol. The molecule has 0 bridgehead atoms. The summed E-state index contributed by atoms with van der Waals surface area (Å²) in [6, 6.07) is 2.37. The molecule has 0 aromatic heterocycles. The number of anilines is 1. The van der Waals surface area contributed by atoms with Crippen molar-refractivity contribution < 1.29 is 29.0 Å². The first-order valence-corrected chi connectivity index (χ1v) is 6.34. The number of hydrogen-bond donors (Lipinski definition) is 3. The molecule has 0 saturated carbocycles. The molecule has 0 spiro atoms. The van der Waals surface area contributed by atoms with Crippen LogP contribution in [0.4, 0.5) is 10.1 Å². The molecule has 0 aliphatic carbocycles. The number of carbonyl (C=O) groups excluding carboxylic acids is 2. The van der Waals surface area contributed by atoms with Crippen molar-refractivity contribution in [2.45, 2.75) is 6.92 Å². The Kier molecular flexibility index (Phi) is 4.22. The van der Waals surface area contributed by atoms with Gasteiger partial charge in [0.1, 0.15) is 17.1 Å². The van der Waals surface area contributed by atoms with Crippen molar-refractivity contribution in [3.05, 3.63) is 40.8 Å². The summed E-state index contributed by atoms with van der Waals surface area (Å²) in [4.78, 5) is 35.6. The molecule has 0 saturated heterocycles. The number of nitrogens with one attached hydrogen (secondary N) is 1. The summed E-state index contributed by atoms with van der Waals surface area (Å²) in [6.45, 7) is 0.979. The lowest BCUT2D eigenvalue weighted by atomic mass is 10.1. The summed E-state index contributed by atoms with van der Waals surface area (Å²) in [5.74, 6) is -3.79. The summed E-state index contributed by atoms with van der Waals surface area (Å²) >= 11 is 0. The maximum absolute atomic E-state index is 13.7. The van der Waals surface area contributed by atoms with Crippen LogP contribution in [0.15, 0.2) is 23.9 Å². The molecule has 3 N–H and O–H groups in total. The SMILES string of the molecule is Cc1ccc(F)c(C(=O)O)c1NC1=CC(=O)N(CCO)C1=O. The molecule has 0 radical (unpaired) electrons. The summed E-state index contributed by atoms with van der Waals surface area (Å²) in [5.41, 5.74) is -0.470. The molecular formula is C14H13FN2O5. The summed E-state index contributed by atoms with van der Waals surface area (Å²) in [7, 11) is 0. The number of aliphatic hydroxyl groups excluding tert-OH is 1. The fourth-order valence-electron chi connectivity index (χ4n) is 2.10. The van der Waals surface area contributed by atoms with Gasteiger partial charge in [-0.25, -0.2) is 9.18 Å². The Morgan fingerprint density at radius 1 is 1.36 bits per heavy atom. The Labute approximate surface area is 124 Å². The molecule has 0 unspecified atom stereocenters. The number of rotatable bonds is 5. The molecule has 0 atom stereocenters. The Balaban J connectivity index is 2.39. The maximum Gasteiger partial charge on any atom is 0.340 e. The van der Waals surface area contributed by atoms with Gasteiger partial charge in [0, 0.05) is 6.08 Å². The number of hydrogen-bond acceptors (Lipinski definition) is 5. The van der Waals surface area contributed by atoms with E-state index in [0.717, 1.165) is 17.0 Å².